The largest absolute Gasteiger partial charge is 0.388 e. The van der Waals surface area contributed by atoms with Crippen LogP contribution in [0.3, 0.4) is 0 Å². The maximum absolute atomic E-state index is 10.6. The van der Waals surface area contributed by atoms with E-state index in [1.807, 2.05) is 17.9 Å². The van der Waals surface area contributed by atoms with E-state index in [2.05, 4.69) is 28.4 Å². The molecule has 25 heavy (non-hydrogen) atoms. The third-order valence-electron chi connectivity index (χ3n) is 5.15. The highest BCUT2D eigenvalue weighted by atomic mass is 16.5. The molecule has 2 aliphatic rings. The predicted octanol–water partition coefficient (Wildman–Crippen LogP) is 0.792. The number of aromatic nitrogens is 2. The molecule has 1 aromatic rings. The lowest BCUT2D eigenvalue weighted by molar-refractivity contribution is -0.0566. The molecule has 0 aliphatic carbocycles. The molecule has 7 nitrogen and oxygen atoms in total. The first-order valence-electron chi connectivity index (χ1n) is 9.39. The SMILES string of the molecule is CCNC(=NCC1(O)CCOCC1)N1CCC(Cc2cnn(C)c2)C1. The van der Waals surface area contributed by atoms with E-state index in [9.17, 15) is 5.11 Å². The van der Waals surface area contributed by atoms with E-state index < -0.39 is 5.60 Å². The van der Waals surface area contributed by atoms with Crippen LogP contribution < -0.4 is 5.32 Å². The Morgan fingerprint density at radius 3 is 2.96 bits per heavy atom. The second kappa shape index (κ2) is 8.19. The number of hydrogen-bond acceptors (Lipinski definition) is 4. The summed E-state index contributed by atoms with van der Waals surface area (Å²) in [5, 5.41) is 18.3. The summed E-state index contributed by atoms with van der Waals surface area (Å²) in [4.78, 5) is 7.07. The molecule has 140 valence electrons. The number of aliphatic imine (C=N–C) groups is 1. The molecule has 2 fully saturated rings. The maximum Gasteiger partial charge on any atom is 0.194 e. The van der Waals surface area contributed by atoms with Gasteiger partial charge in [-0.1, -0.05) is 0 Å². The average molecular weight is 349 g/mol. The summed E-state index contributed by atoms with van der Waals surface area (Å²) in [7, 11) is 1.96. The molecule has 0 bridgehead atoms. The van der Waals surface area contributed by atoms with Crippen LogP contribution in [-0.4, -0.2) is 70.7 Å². The highest BCUT2D eigenvalue weighted by Crippen LogP contribution is 2.23. The fraction of sp³-hybridized carbons (Fsp3) is 0.778. The van der Waals surface area contributed by atoms with E-state index in [1.165, 1.54) is 5.56 Å². The van der Waals surface area contributed by atoms with Crippen LogP contribution >= 0.6 is 0 Å². The van der Waals surface area contributed by atoms with E-state index in [0.29, 0.717) is 38.5 Å². The molecule has 1 unspecified atom stereocenters. The topological polar surface area (TPSA) is 74.9 Å². The minimum atomic E-state index is -0.715. The number of ether oxygens (including phenoxy) is 1. The van der Waals surface area contributed by atoms with Gasteiger partial charge in [-0.3, -0.25) is 9.67 Å². The molecule has 0 radical (unpaired) electrons. The van der Waals surface area contributed by atoms with Gasteiger partial charge in [0.15, 0.2) is 5.96 Å². The van der Waals surface area contributed by atoms with Crippen LogP contribution in [0.15, 0.2) is 17.4 Å². The zero-order chi connectivity index (χ0) is 17.7. The van der Waals surface area contributed by atoms with Crippen molar-refractivity contribution in [2.24, 2.45) is 18.0 Å². The van der Waals surface area contributed by atoms with Gasteiger partial charge in [0.25, 0.3) is 0 Å². The number of guanidine groups is 1. The van der Waals surface area contributed by atoms with Gasteiger partial charge in [-0.15, -0.1) is 0 Å². The minimum absolute atomic E-state index is 0.447. The molecule has 3 rings (SSSR count). The van der Waals surface area contributed by atoms with Gasteiger partial charge in [0.1, 0.15) is 0 Å². The van der Waals surface area contributed by atoms with Gasteiger partial charge in [-0.25, -0.2) is 0 Å². The monoisotopic (exact) mass is 349 g/mol. The number of nitrogens with one attached hydrogen (secondary N) is 1. The Labute approximate surface area is 150 Å². The van der Waals surface area contributed by atoms with Crippen molar-refractivity contribution in [2.45, 2.75) is 38.2 Å². The Hall–Kier alpha value is -1.60. The summed E-state index contributed by atoms with van der Waals surface area (Å²) >= 11 is 0. The molecule has 1 atom stereocenters. The molecule has 2 aliphatic heterocycles. The van der Waals surface area contributed by atoms with E-state index in [-0.39, 0.29) is 0 Å². The molecule has 2 N–H and O–H groups in total. The van der Waals surface area contributed by atoms with Gasteiger partial charge >= 0.3 is 0 Å². The Balaban J connectivity index is 1.57. The van der Waals surface area contributed by atoms with E-state index in [4.69, 9.17) is 9.73 Å². The molecule has 0 saturated carbocycles. The van der Waals surface area contributed by atoms with Gasteiger partial charge in [-0.2, -0.15) is 5.10 Å². The van der Waals surface area contributed by atoms with Crippen molar-refractivity contribution in [2.75, 3.05) is 39.4 Å². The number of aliphatic hydroxyl groups is 1. The number of likely N-dealkylation sites (tertiary alicyclic amines) is 1. The van der Waals surface area contributed by atoms with Crippen LogP contribution in [0.25, 0.3) is 0 Å². The molecular formula is C18H31N5O2. The van der Waals surface area contributed by atoms with Crippen molar-refractivity contribution in [3.05, 3.63) is 18.0 Å². The third-order valence-corrected chi connectivity index (χ3v) is 5.15. The van der Waals surface area contributed by atoms with Crippen molar-refractivity contribution >= 4 is 5.96 Å². The average Bonchev–Trinajstić information content (AvgIpc) is 3.22. The lowest BCUT2D eigenvalue weighted by Gasteiger charge is -2.31. The molecule has 2 saturated heterocycles. The molecule has 3 heterocycles. The van der Waals surface area contributed by atoms with Crippen LogP contribution in [0.5, 0.6) is 0 Å². The van der Waals surface area contributed by atoms with Crippen molar-refractivity contribution in [1.82, 2.24) is 20.0 Å². The minimum Gasteiger partial charge on any atom is -0.388 e. The van der Waals surface area contributed by atoms with Crippen LogP contribution in [0.1, 0.15) is 31.7 Å². The first-order valence-corrected chi connectivity index (χ1v) is 9.39. The number of rotatable bonds is 5. The van der Waals surface area contributed by atoms with Gasteiger partial charge in [0.2, 0.25) is 0 Å². The molecule has 0 aromatic carbocycles. The number of nitrogens with zero attached hydrogens (tertiary/aromatic N) is 4. The normalized spacial score (nSPS) is 23.9. The van der Waals surface area contributed by atoms with Crippen molar-refractivity contribution in [3.63, 3.8) is 0 Å². The van der Waals surface area contributed by atoms with Gasteiger partial charge < -0.3 is 20.1 Å². The van der Waals surface area contributed by atoms with Gasteiger partial charge in [0, 0.05) is 58.9 Å². The summed E-state index contributed by atoms with van der Waals surface area (Å²) in [6, 6.07) is 0. The summed E-state index contributed by atoms with van der Waals surface area (Å²) in [6.07, 6.45) is 7.62. The Kier molecular flexibility index (Phi) is 5.96. The van der Waals surface area contributed by atoms with Crippen molar-refractivity contribution in [1.29, 1.82) is 0 Å². The highest BCUT2D eigenvalue weighted by molar-refractivity contribution is 5.80. The summed E-state index contributed by atoms with van der Waals surface area (Å²) in [6.45, 7) is 6.63. The second-order valence-electron chi connectivity index (χ2n) is 7.33. The van der Waals surface area contributed by atoms with Crippen LogP contribution in [0, 0.1) is 5.92 Å². The van der Waals surface area contributed by atoms with Crippen LogP contribution in [-0.2, 0) is 18.2 Å². The molecule has 0 spiro atoms. The standard InChI is InChI=1S/C18H31N5O2/c1-3-19-17(20-14-18(24)5-8-25-9-6-18)23-7-4-15(13-23)10-16-11-21-22(2)12-16/h11-12,15,24H,3-10,13-14H2,1-2H3,(H,19,20). The lowest BCUT2D eigenvalue weighted by atomic mass is 9.95. The van der Waals surface area contributed by atoms with Crippen molar-refractivity contribution < 1.29 is 9.84 Å². The highest BCUT2D eigenvalue weighted by Gasteiger charge is 2.31. The Morgan fingerprint density at radius 1 is 1.48 bits per heavy atom. The van der Waals surface area contributed by atoms with Crippen LogP contribution in [0.4, 0.5) is 0 Å². The summed E-state index contributed by atoms with van der Waals surface area (Å²) in [5.74, 6) is 1.55. The lowest BCUT2D eigenvalue weighted by Crippen LogP contribution is -2.43. The summed E-state index contributed by atoms with van der Waals surface area (Å²) in [5.41, 5.74) is 0.584. The maximum atomic E-state index is 10.6. The summed E-state index contributed by atoms with van der Waals surface area (Å²) < 4.78 is 7.21. The van der Waals surface area contributed by atoms with Gasteiger partial charge in [-0.05, 0) is 31.2 Å². The second-order valence-corrected chi connectivity index (χ2v) is 7.33. The molecule has 0 amide bonds. The van der Waals surface area contributed by atoms with Gasteiger partial charge in [0.05, 0.1) is 18.3 Å². The smallest absolute Gasteiger partial charge is 0.194 e. The Bertz CT molecular complexity index is 580. The predicted molar refractivity (Wildman–Crippen MR) is 97.6 cm³/mol. The van der Waals surface area contributed by atoms with E-state index in [1.54, 1.807) is 0 Å². The Morgan fingerprint density at radius 2 is 2.28 bits per heavy atom. The number of hydrogen-bond donors (Lipinski definition) is 2. The van der Waals surface area contributed by atoms with E-state index >= 15 is 0 Å². The fourth-order valence-electron chi connectivity index (χ4n) is 3.66. The first kappa shape index (κ1) is 18.2. The molecule has 1 aromatic heterocycles. The number of aryl methyl sites for hydroxylation is 1. The van der Waals surface area contributed by atoms with E-state index in [0.717, 1.165) is 38.4 Å². The third kappa shape index (κ3) is 4.95. The molecular weight excluding hydrogens is 318 g/mol. The zero-order valence-corrected chi connectivity index (χ0v) is 15.4. The first-order chi connectivity index (χ1) is 12.1. The van der Waals surface area contributed by atoms with Crippen LogP contribution in [0.2, 0.25) is 0 Å². The fourth-order valence-corrected chi connectivity index (χ4v) is 3.66. The van der Waals surface area contributed by atoms with Crippen molar-refractivity contribution in [3.8, 4) is 0 Å². The zero-order valence-electron chi connectivity index (χ0n) is 15.4. The molecule has 7 heteroatoms. The quantitative estimate of drug-likeness (QED) is 0.607.